The highest BCUT2D eigenvalue weighted by molar-refractivity contribution is 5.71. The summed E-state index contributed by atoms with van der Waals surface area (Å²) in [6, 6.07) is 0.408. The average molecular weight is 171 g/mol. The van der Waals surface area contributed by atoms with Gasteiger partial charge in [0.25, 0.3) is 0 Å². The first-order valence-corrected chi connectivity index (χ1v) is 4.39. The molecule has 3 nitrogen and oxygen atoms in total. The molecule has 0 aromatic heterocycles. The fraction of sp³-hybridized carbons (Fsp3) is 0.889. The average Bonchev–Trinajstić information content (AvgIpc) is 1.74. The fourth-order valence-electron chi connectivity index (χ4n) is 1.55. The van der Waals surface area contributed by atoms with Gasteiger partial charge >= 0.3 is 5.97 Å². The first kappa shape index (κ1) is 9.52. The summed E-state index contributed by atoms with van der Waals surface area (Å²) in [7, 11) is 0. The van der Waals surface area contributed by atoms with Crippen LogP contribution in [0.15, 0.2) is 0 Å². The summed E-state index contributed by atoms with van der Waals surface area (Å²) in [5, 5.41) is 12.0. The van der Waals surface area contributed by atoms with E-state index in [1.807, 2.05) is 0 Å². The van der Waals surface area contributed by atoms with Gasteiger partial charge in [0.05, 0.1) is 5.92 Å². The smallest absolute Gasteiger partial charge is 0.306 e. The first-order valence-electron chi connectivity index (χ1n) is 4.39. The Morgan fingerprint density at radius 2 is 1.92 bits per heavy atom. The molecule has 2 N–H and O–H groups in total. The third-order valence-corrected chi connectivity index (χ3v) is 2.12. The van der Waals surface area contributed by atoms with Crippen LogP contribution in [-0.4, -0.2) is 22.7 Å². The molecule has 0 atom stereocenters. The zero-order valence-electron chi connectivity index (χ0n) is 7.92. The van der Waals surface area contributed by atoms with E-state index in [-0.39, 0.29) is 11.5 Å². The van der Waals surface area contributed by atoms with E-state index in [9.17, 15) is 4.79 Å². The summed E-state index contributed by atoms with van der Waals surface area (Å²) in [6.07, 6.45) is 1.57. The molecular formula is C9H17NO2. The van der Waals surface area contributed by atoms with Crippen LogP contribution in [0.5, 0.6) is 0 Å². The Labute approximate surface area is 73.2 Å². The number of hydrogen-bond acceptors (Lipinski definition) is 2. The minimum atomic E-state index is -0.651. The van der Waals surface area contributed by atoms with Crippen molar-refractivity contribution in [2.24, 2.45) is 5.92 Å². The largest absolute Gasteiger partial charge is 0.481 e. The summed E-state index contributed by atoms with van der Waals surface area (Å²) in [6.45, 7) is 6.29. The normalized spacial score (nSPS) is 29.6. The minimum absolute atomic E-state index is 0.105. The molecule has 0 aromatic rings. The molecule has 0 aromatic carbocycles. The second-order valence-corrected chi connectivity index (χ2v) is 4.60. The lowest BCUT2D eigenvalue weighted by Gasteiger charge is -2.38. The maximum atomic E-state index is 10.5. The summed E-state index contributed by atoms with van der Waals surface area (Å²) in [5.41, 5.74) is 0.105. The predicted octanol–water partition coefficient (Wildman–Crippen LogP) is 1.24. The number of hydrogen-bond donors (Lipinski definition) is 2. The van der Waals surface area contributed by atoms with Crippen LogP contribution in [-0.2, 0) is 4.79 Å². The molecular weight excluding hydrogens is 154 g/mol. The SMILES string of the molecule is CC(C)(C)N[C@H]1C[C@H](C(=O)O)C1. The summed E-state index contributed by atoms with van der Waals surface area (Å²) < 4.78 is 0. The molecule has 0 amide bonds. The molecule has 1 saturated carbocycles. The zero-order valence-corrected chi connectivity index (χ0v) is 7.92. The van der Waals surface area contributed by atoms with Crippen LogP contribution < -0.4 is 5.32 Å². The number of carbonyl (C=O) groups is 1. The number of rotatable bonds is 2. The molecule has 0 aliphatic heterocycles. The third-order valence-electron chi connectivity index (χ3n) is 2.12. The van der Waals surface area contributed by atoms with Gasteiger partial charge < -0.3 is 10.4 Å². The summed E-state index contributed by atoms with van der Waals surface area (Å²) in [4.78, 5) is 10.5. The Bertz CT molecular complexity index is 177. The maximum absolute atomic E-state index is 10.5. The lowest BCUT2D eigenvalue weighted by atomic mass is 9.79. The van der Waals surface area contributed by atoms with Gasteiger partial charge in [-0.2, -0.15) is 0 Å². The van der Waals surface area contributed by atoms with Crippen LogP contribution in [0.1, 0.15) is 33.6 Å². The van der Waals surface area contributed by atoms with Crippen molar-refractivity contribution in [3.05, 3.63) is 0 Å². The van der Waals surface area contributed by atoms with Crippen molar-refractivity contribution in [2.75, 3.05) is 0 Å². The molecule has 0 bridgehead atoms. The second-order valence-electron chi connectivity index (χ2n) is 4.60. The Kier molecular flexibility index (Phi) is 2.42. The van der Waals surface area contributed by atoms with Crippen LogP contribution in [0.2, 0.25) is 0 Å². The van der Waals surface area contributed by atoms with Gasteiger partial charge in [-0.3, -0.25) is 4.79 Å². The van der Waals surface area contributed by atoms with Crippen molar-refractivity contribution in [1.29, 1.82) is 0 Å². The van der Waals surface area contributed by atoms with Crippen LogP contribution in [0, 0.1) is 5.92 Å². The van der Waals surface area contributed by atoms with Gasteiger partial charge in [0.2, 0.25) is 0 Å². The van der Waals surface area contributed by atoms with Crippen molar-refractivity contribution in [3.63, 3.8) is 0 Å². The van der Waals surface area contributed by atoms with Crippen molar-refractivity contribution < 1.29 is 9.90 Å². The number of aliphatic carboxylic acids is 1. The van der Waals surface area contributed by atoms with E-state index < -0.39 is 5.97 Å². The standard InChI is InChI=1S/C9H17NO2/c1-9(2,3)10-7-4-6(5-7)8(11)12/h6-7,10H,4-5H2,1-3H3,(H,11,12)/t6-,7-. The van der Waals surface area contributed by atoms with Gasteiger partial charge in [-0.15, -0.1) is 0 Å². The van der Waals surface area contributed by atoms with Crippen LogP contribution >= 0.6 is 0 Å². The molecule has 0 radical (unpaired) electrons. The van der Waals surface area contributed by atoms with Gasteiger partial charge in [-0.05, 0) is 33.6 Å². The van der Waals surface area contributed by atoms with Gasteiger partial charge in [0, 0.05) is 11.6 Å². The van der Waals surface area contributed by atoms with Crippen LogP contribution in [0.3, 0.4) is 0 Å². The topological polar surface area (TPSA) is 49.3 Å². The molecule has 1 fully saturated rings. The van der Waals surface area contributed by atoms with Crippen molar-refractivity contribution in [2.45, 2.75) is 45.2 Å². The van der Waals surface area contributed by atoms with E-state index >= 15 is 0 Å². The van der Waals surface area contributed by atoms with Gasteiger partial charge in [0.1, 0.15) is 0 Å². The fourth-order valence-corrected chi connectivity index (χ4v) is 1.55. The Morgan fingerprint density at radius 1 is 1.42 bits per heavy atom. The van der Waals surface area contributed by atoms with Gasteiger partial charge in [-0.1, -0.05) is 0 Å². The van der Waals surface area contributed by atoms with Crippen molar-refractivity contribution >= 4 is 5.97 Å². The lowest BCUT2D eigenvalue weighted by molar-refractivity contribution is -0.145. The number of carboxylic acids is 1. The molecule has 3 heteroatoms. The van der Waals surface area contributed by atoms with E-state index in [0.29, 0.717) is 6.04 Å². The Morgan fingerprint density at radius 3 is 2.25 bits per heavy atom. The van der Waals surface area contributed by atoms with Crippen LogP contribution in [0.25, 0.3) is 0 Å². The van der Waals surface area contributed by atoms with Crippen LogP contribution in [0.4, 0.5) is 0 Å². The molecule has 0 spiro atoms. The Balaban J connectivity index is 2.22. The van der Waals surface area contributed by atoms with Crippen molar-refractivity contribution in [3.8, 4) is 0 Å². The van der Waals surface area contributed by atoms with E-state index in [1.54, 1.807) is 0 Å². The second kappa shape index (κ2) is 3.05. The number of nitrogens with one attached hydrogen (secondary N) is 1. The highest BCUT2D eigenvalue weighted by Crippen LogP contribution is 2.28. The van der Waals surface area contributed by atoms with Crippen molar-refractivity contribution in [1.82, 2.24) is 5.32 Å². The minimum Gasteiger partial charge on any atom is -0.481 e. The van der Waals surface area contributed by atoms with Gasteiger partial charge in [-0.25, -0.2) is 0 Å². The molecule has 12 heavy (non-hydrogen) atoms. The quantitative estimate of drug-likeness (QED) is 0.657. The molecule has 1 rings (SSSR count). The molecule has 0 heterocycles. The molecule has 70 valence electrons. The van der Waals surface area contributed by atoms with E-state index in [4.69, 9.17) is 5.11 Å². The lowest BCUT2D eigenvalue weighted by Crippen LogP contribution is -2.51. The summed E-state index contributed by atoms with van der Waals surface area (Å²) >= 11 is 0. The highest BCUT2D eigenvalue weighted by atomic mass is 16.4. The van der Waals surface area contributed by atoms with E-state index in [2.05, 4.69) is 26.1 Å². The maximum Gasteiger partial charge on any atom is 0.306 e. The molecule has 0 saturated heterocycles. The monoisotopic (exact) mass is 171 g/mol. The predicted molar refractivity (Wildman–Crippen MR) is 47.0 cm³/mol. The number of carboxylic acid groups (broad SMARTS) is 1. The third kappa shape index (κ3) is 2.48. The highest BCUT2D eigenvalue weighted by Gasteiger charge is 2.35. The summed E-state index contributed by atoms with van der Waals surface area (Å²) in [5.74, 6) is -0.758. The zero-order chi connectivity index (χ0) is 9.35. The first-order chi connectivity index (χ1) is 5.38. The Hall–Kier alpha value is -0.570. The molecule has 0 unspecified atom stereocenters. The molecule has 1 aliphatic carbocycles. The van der Waals surface area contributed by atoms with E-state index in [0.717, 1.165) is 12.8 Å². The van der Waals surface area contributed by atoms with Gasteiger partial charge in [0.15, 0.2) is 0 Å². The van der Waals surface area contributed by atoms with E-state index in [1.165, 1.54) is 0 Å². The molecule has 1 aliphatic rings.